The number of hydrogen-bond acceptors (Lipinski definition) is 3. The summed E-state index contributed by atoms with van der Waals surface area (Å²) in [7, 11) is 0. The first-order valence-corrected chi connectivity index (χ1v) is 7.24. The maximum absolute atomic E-state index is 6.00. The molecule has 2 aromatic rings. The van der Waals surface area contributed by atoms with Crippen LogP contribution < -0.4 is 11.1 Å². The lowest BCUT2D eigenvalue weighted by Gasteiger charge is -2.17. The molecule has 0 amide bonds. The first kappa shape index (κ1) is 13.8. The fourth-order valence-corrected chi connectivity index (χ4v) is 2.95. The van der Waals surface area contributed by atoms with E-state index in [0.29, 0.717) is 16.6 Å². The molecule has 0 aliphatic rings. The van der Waals surface area contributed by atoms with E-state index >= 15 is 0 Å². The van der Waals surface area contributed by atoms with E-state index in [1.807, 2.05) is 18.2 Å². The summed E-state index contributed by atoms with van der Waals surface area (Å²) in [6.07, 6.45) is 0. The Morgan fingerprint density at radius 3 is 2.50 bits per heavy atom. The molecule has 1 atom stereocenters. The molecular formula is C13H14Cl2N2S. The molecule has 0 bridgehead atoms. The van der Waals surface area contributed by atoms with Crippen LogP contribution in [-0.2, 0) is 6.54 Å². The molecule has 1 aromatic carbocycles. The average Bonchev–Trinajstić information content (AvgIpc) is 2.81. The number of halogens is 2. The van der Waals surface area contributed by atoms with Gasteiger partial charge in [-0.3, -0.25) is 0 Å². The summed E-state index contributed by atoms with van der Waals surface area (Å²) in [6, 6.07) is 9.70. The number of rotatable bonds is 5. The van der Waals surface area contributed by atoms with Gasteiger partial charge >= 0.3 is 0 Å². The number of thiophene rings is 1. The van der Waals surface area contributed by atoms with Gasteiger partial charge in [-0.05, 0) is 35.2 Å². The van der Waals surface area contributed by atoms with Crippen LogP contribution in [0.1, 0.15) is 16.5 Å². The smallest absolute Gasteiger partial charge is 0.0448 e. The van der Waals surface area contributed by atoms with Crippen molar-refractivity contribution in [2.45, 2.75) is 12.6 Å². The van der Waals surface area contributed by atoms with E-state index in [0.717, 1.165) is 12.1 Å². The predicted molar refractivity (Wildman–Crippen MR) is 79.4 cm³/mol. The van der Waals surface area contributed by atoms with Gasteiger partial charge in [0.15, 0.2) is 0 Å². The number of benzene rings is 1. The van der Waals surface area contributed by atoms with E-state index in [2.05, 4.69) is 16.8 Å². The molecule has 0 spiro atoms. The van der Waals surface area contributed by atoms with E-state index in [1.54, 1.807) is 17.4 Å². The highest BCUT2D eigenvalue weighted by atomic mass is 35.5. The van der Waals surface area contributed by atoms with Gasteiger partial charge in [-0.25, -0.2) is 0 Å². The molecule has 0 aliphatic heterocycles. The molecule has 0 saturated carbocycles. The average molecular weight is 301 g/mol. The Kier molecular flexibility index (Phi) is 5.03. The van der Waals surface area contributed by atoms with Crippen molar-refractivity contribution in [1.82, 2.24) is 5.32 Å². The summed E-state index contributed by atoms with van der Waals surface area (Å²) in [5.74, 6) is 0. The van der Waals surface area contributed by atoms with Crippen LogP contribution in [0.15, 0.2) is 35.7 Å². The van der Waals surface area contributed by atoms with E-state index in [9.17, 15) is 0 Å². The molecule has 1 heterocycles. The second-order valence-corrected chi connectivity index (χ2v) is 5.86. The molecule has 1 unspecified atom stereocenters. The summed E-state index contributed by atoms with van der Waals surface area (Å²) < 4.78 is 0. The third kappa shape index (κ3) is 3.70. The van der Waals surface area contributed by atoms with Crippen LogP contribution in [0.2, 0.25) is 10.0 Å². The molecule has 2 rings (SSSR count). The Morgan fingerprint density at radius 2 is 1.94 bits per heavy atom. The highest BCUT2D eigenvalue weighted by molar-refractivity contribution is 7.09. The molecule has 1 aromatic heterocycles. The minimum atomic E-state index is 0.0586. The monoisotopic (exact) mass is 300 g/mol. The molecule has 5 heteroatoms. The van der Waals surface area contributed by atoms with Gasteiger partial charge in [-0.15, -0.1) is 11.3 Å². The Labute approximate surface area is 121 Å². The van der Waals surface area contributed by atoms with Crippen LogP contribution in [-0.4, -0.2) is 6.54 Å². The normalized spacial score (nSPS) is 12.6. The van der Waals surface area contributed by atoms with Crippen molar-refractivity contribution >= 4 is 34.5 Å². The third-order valence-corrected chi connectivity index (χ3v) is 3.94. The van der Waals surface area contributed by atoms with Crippen molar-refractivity contribution in [3.8, 4) is 0 Å². The van der Waals surface area contributed by atoms with E-state index in [4.69, 9.17) is 28.9 Å². The SMILES string of the molecule is NCC(NCc1cccs1)c1cc(Cl)cc(Cl)c1. The molecule has 2 nitrogen and oxygen atoms in total. The lowest BCUT2D eigenvalue weighted by Crippen LogP contribution is -2.27. The fourth-order valence-electron chi connectivity index (χ4n) is 1.75. The zero-order chi connectivity index (χ0) is 13.0. The first-order chi connectivity index (χ1) is 8.69. The summed E-state index contributed by atoms with van der Waals surface area (Å²) in [4.78, 5) is 1.28. The number of hydrogen-bond donors (Lipinski definition) is 2. The van der Waals surface area contributed by atoms with Gasteiger partial charge < -0.3 is 11.1 Å². The van der Waals surface area contributed by atoms with Crippen molar-refractivity contribution in [1.29, 1.82) is 0 Å². The van der Waals surface area contributed by atoms with E-state index in [-0.39, 0.29) is 6.04 Å². The van der Waals surface area contributed by atoms with Crippen LogP contribution in [0.5, 0.6) is 0 Å². The molecule has 0 aliphatic carbocycles. The van der Waals surface area contributed by atoms with Crippen molar-refractivity contribution in [2.24, 2.45) is 5.73 Å². The second-order valence-electron chi connectivity index (χ2n) is 3.95. The highest BCUT2D eigenvalue weighted by Crippen LogP contribution is 2.23. The van der Waals surface area contributed by atoms with Gasteiger partial charge in [0, 0.05) is 34.1 Å². The predicted octanol–water partition coefficient (Wildman–Crippen LogP) is 3.84. The van der Waals surface area contributed by atoms with Crippen LogP contribution in [0.3, 0.4) is 0 Å². The molecule has 0 radical (unpaired) electrons. The standard InChI is InChI=1S/C13H14Cl2N2S/c14-10-4-9(5-11(15)6-10)13(7-16)17-8-12-2-1-3-18-12/h1-6,13,17H,7-8,16H2. The van der Waals surface area contributed by atoms with Gasteiger partial charge in [-0.1, -0.05) is 29.3 Å². The summed E-state index contributed by atoms with van der Waals surface area (Å²) >= 11 is 13.7. The minimum Gasteiger partial charge on any atom is -0.329 e. The van der Waals surface area contributed by atoms with E-state index < -0.39 is 0 Å². The fraction of sp³-hybridized carbons (Fsp3) is 0.231. The second kappa shape index (κ2) is 6.55. The number of nitrogens with one attached hydrogen (secondary N) is 1. The molecule has 18 heavy (non-hydrogen) atoms. The largest absolute Gasteiger partial charge is 0.329 e. The molecule has 96 valence electrons. The Morgan fingerprint density at radius 1 is 1.22 bits per heavy atom. The first-order valence-electron chi connectivity index (χ1n) is 5.61. The molecule has 3 N–H and O–H groups in total. The van der Waals surface area contributed by atoms with Crippen LogP contribution in [0.4, 0.5) is 0 Å². The maximum atomic E-state index is 6.00. The van der Waals surface area contributed by atoms with Crippen molar-refractivity contribution in [3.63, 3.8) is 0 Å². The topological polar surface area (TPSA) is 38.0 Å². The summed E-state index contributed by atoms with van der Waals surface area (Å²) in [5, 5.41) is 6.74. The zero-order valence-corrected chi connectivity index (χ0v) is 12.0. The van der Waals surface area contributed by atoms with Gasteiger partial charge in [0.05, 0.1) is 0 Å². The lowest BCUT2D eigenvalue weighted by atomic mass is 10.1. The minimum absolute atomic E-state index is 0.0586. The van der Waals surface area contributed by atoms with Gasteiger partial charge in [0.2, 0.25) is 0 Å². The Bertz CT molecular complexity index is 479. The molecular weight excluding hydrogens is 287 g/mol. The molecule has 0 saturated heterocycles. The summed E-state index contributed by atoms with van der Waals surface area (Å²) in [6.45, 7) is 1.30. The quantitative estimate of drug-likeness (QED) is 0.880. The third-order valence-electron chi connectivity index (χ3n) is 2.63. The lowest BCUT2D eigenvalue weighted by molar-refractivity contribution is 0.545. The summed E-state index contributed by atoms with van der Waals surface area (Å²) in [5.41, 5.74) is 6.82. The Balaban J connectivity index is 2.07. The van der Waals surface area contributed by atoms with Crippen molar-refractivity contribution < 1.29 is 0 Å². The van der Waals surface area contributed by atoms with Crippen molar-refractivity contribution in [2.75, 3.05) is 6.54 Å². The maximum Gasteiger partial charge on any atom is 0.0448 e. The van der Waals surface area contributed by atoms with Crippen LogP contribution in [0, 0.1) is 0 Å². The Hall–Kier alpha value is -0.580. The van der Waals surface area contributed by atoms with Gasteiger partial charge in [-0.2, -0.15) is 0 Å². The van der Waals surface area contributed by atoms with Crippen molar-refractivity contribution in [3.05, 3.63) is 56.2 Å². The zero-order valence-electron chi connectivity index (χ0n) is 9.70. The molecule has 0 fully saturated rings. The van der Waals surface area contributed by atoms with Gasteiger partial charge in [0.25, 0.3) is 0 Å². The van der Waals surface area contributed by atoms with Crippen LogP contribution >= 0.6 is 34.5 Å². The van der Waals surface area contributed by atoms with E-state index in [1.165, 1.54) is 4.88 Å². The van der Waals surface area contributed by atoms with Gasteiger partial charge in [0.1, 0.15) is 0 Å². The number of nitrogens with two attached hydrogens (primary N) is 1. The van der Waals surface area contributed by atoms with Crippen LogP contribution in [0.25, 0.3) is 0 Å². The highest BCUT2D eigenvalue weighted by Gasteiger charge is 2.11.